The zero-order chi connectivity index (χ0) is 25.2. The van der Waals surface area contributed by atoms with Crippen LogP contribution in [0.5, 0.6) is 0 Å². The molecule has 3 saturated heterocycles. The van der Waals surface area contributed by atoms with Crippen molar-refractivity contribution < 1.29 is 9.47 Å². The van der Waals surface area contributed by atoms with E-state index < -0.39 is 0 Å². The molecule has 9 rings (SSSR count). The van der Waals surface area contributed by atoms with E-state index in [2.05, 4.69) is 66.4 Å². The highest BCUT2D eigenvalue weighted by atomic mass is 16.5. The monoisotopic (exact) mass is 507 g/mol. The second-order valence-corrected chi connectivity index (χ2v) is 14.4. The van der Waals surface area contributed by atoms with Crippen molar-refractivity contribution in [1.29, 1.82) is 0 Å². The summed E-state index contributed by atoms with van der Waals surface area (Å²) in [7, 11) is 0. The zero-order valence-corrected chi connectivity index (χ0v) is 22.9. The third-order valence-electron chi connectivity index (χ3n) is 12.6. The highest BCUT2D eigenvalue weighted by Gasteiger charge is 2.66. The van der Waals surface area contributed by atoms with Crippen LogP contribution in [-0.2, 0) is 9.47 Å². The van der Waals surface area contributed by atoms with Gasteiger partial charge < -0.3 is 9.47 Å². The van der Waals surface area contributed by atoms with E-state index in [-0.39, 0.29) is 16.6 Å². The number of benzene rings is 2. The lowest BCUT2D eigenvalue weighted by Crippen LogP contribution is -2.55. The molecule has 3 aliphatic carbocycles. The van der Waals surface area contributed by atoms with Crippen LogP contribution in [0.1, 0.15) is 76.2 Å². The number of allylic oxidation sites excluding steroid dienone is 1. The highest BCUT2D eigenvalue weighted by Crippen LogP contribution is 2.69. The van der Waals surface area contributed by atoms with Crippen LogP contribution in [0.25, 0.3) is 10.8 Å². The van der Waals surface area contributed by atoms with Crippen molar-refractivity contribution in [1.82, 2.24) is 4.90 Å². The average molecular weight is 508 g/mol. The molecule has 7 aliphatic rings. The Hall–Kier alpha value is -1.94. The van der Waals surface area contributed by atoms with Gasteiger partial charge in [0.15, 0.2) is 0 Å². The lowest BCUT2D eigenvalue weighted by atomic mass is 9.58. The molecule has 2 bridgehead atoms. The Morgan fingerprint density at radius 1 is 0.947 bits per heavy atom. The molecule has 0 radical (unpaired) electrons. The van der Waals surface area contributed by atoms with Gasteiger partial charge in [0.05, 0.1) is 24.4 Å². The van der Waals surface area contributed by atoms with Gasteiger partial charge in [0, 0.05) is 18.0 Å². The summed E-state index contributed by atoms with van der Waals surface area (Å²) in [6.45, 7) is 7.08. The molecule has 4 aliphatic heterocycles. The van der Waals surface area contributed by atoms with E-state index in [9.17, 15) is 0 Å². The predicted octanol–water partition coefficient (Wildman–Crippen LogP) is 7.17. The molecule has 0 aromatic heterocycles. The van der Waals surface area contributed by atoms with E-state index in [4.69, 9.17) is 9.47 Å². The van der Waals surface area contributed by atoms with Gasteiger partial charge in [-0.25, -0.2) is 0 Å². The smallest absolute Gasteiger partial charge is 0.0974 e. The van der Waals surface area contributed by atoms with E-state index in [0.29, 0.717) is 23.3 Å². The molecule has 2 saturated carbocycles. The number of ether oxygens (including phenoxy) is 2. The van der Waals surface area contributed by atoms with Crippen molar-refractivity contribution in [2.24, 2.45) is 16.7 Å². The van der Waals surface area contributed by atoms with Crippen molar-refractivity contribution in [2.45, 2.75) is 87.9 Å². The average Bonchev–Trinajstić information content (AvgIpc) is 3.61. The Morgan fingerprint density at radius 3 is 2.68 bits per heavy atom. The van der Waals surface area contributed by atoms with Crippen LogP contribution < -0.4 is 0 Å². The van der Waals surface area contributed by atoms with E-state index in [1.807, 2.05) is 0 Å². The Balaban J connectivity index is 1.03. The maximum Gasteiger partial charge on any atom is 0.0974 e. The summed E-state index contributed by atoms with van der Waals surface area (Å²) in [4.78, 5) is 2.82. The quantitative estimate of drug-likeness (QED) is 0.430. The van der Waals surface area contributed by atoms with Gasteiger partial charge in [-0.15, -0.1) is 0 Å². The van der Waals surface area contributed by atoms with Crippen molar-refractivity contribution in [3.05, 3.63) is 71.3 Å². The van der Waals surface area contributed by atoms with Crippen LogP contribution in [0.15, 0.2) is 65.8 Å². The summed E-state index contributed by atoms with van der Waals surface area (Å²) in [5.74, 6) is 1.23. The number of hydrogen-bond donors (Lipinski definition) is 0. The van der Waals surface area contributed by atoms with Crippen molar-refractivity contribution in [2.75, 3.05) is 26.3 Å². The fraction of sp³-hybridized carbons (Fsp3) is 0.600. The molecule has 198 valence electrons. The molecule has 2 aromatic rings. The van der Waals surface area contributed by atoms with Gasteiger partial charge >= 0.3 is 0 Å². The van der Waals surface area contributed by atoms with Gasteiger partial charge in [-0.1, -0.05) is 61.5 Å². The summed E-state index contributed by atoms with van der Waals surface area (Å²) >= 11 is 0. The fourth-order valence-electron chi connectivity index (χ4n) is 10.6. The standard InChI is InChI=1S/C35H41NO2/c1-32-13-12-28-19-27-8-9-29(36-17-16-33(21-36)22-37-23-33)20-34(27)14-15-35(28,38-34)31(32)11-10-30(32)26-7-6-24-4-2-3-5-25(24)18-26/h2-7,12,18-19,29-31H,8-11,13-17,20-23H2,1H3/t29-,30-,31-,32-,34-,35-/m1/s1. The first kappa shape index (κ1) is 22.8. The largest absolute Gasteiger partial charge is 0.380 e. The number of nitrogens with zero attached hydrogens (tertiary/aromatic N) is 1. The molecule has 6 atom stereocenters. The van der Waals surface area contributed by atoms with Gasteiger partial charge in [0.2, 0.25) is 0 Å². The summed E-state index contributed by atoms with van der Waals surface area (Å²) in [6.07, 6.45) is 16.5. The first-order chi connectivity index (χ1) is 18.5. The molecule has 3 nitrogen and oxygen atoms in total. The van der Waals surface area contributed by atoms with Crippen LogP contribution in [-0.4, -0.2) is 48.4 Å². The second-order valence-electron chi connectivity index (χ2n) is 14.4. The number of likely N-dealkylation sites (tertiary alicyclic amines) is 1. The first-order valence-corrected chi connectivity index (χ1v) is 15.4. The van der Waals surface area contributed by atoms with E-state index in [1.54, 1.807) is 16.7 Å². The highest BCUT2D eigenvalue weighted by molar-refractivity contribution is 5.83. The van der Waals surface area contributed by atoms with Crippen LogP contribution in [0, 0.1) is 16.7 Å². The molecule has 0 unspecified atom stereocenters. The Morgan fingerprint density at radius 2 is 1.84 bits per heavy atom. The van der Waals surface area contributed by atoms with E-state index >= 15 is 0 Å². The van der Waals surface area contributed by atoms with Crippen molar-refractivity contribution in [3.8, 4) is 0 Å². The molecular weight excluding hydrogens is 466 g/mol. The predicted molar refractivity (Wildman–Crippen MR) is 151 cm³/mol. The molecule has 5 fully saturated rings. The number of hydrogen-bond acceptors (Lipinski definition) is 3. The third kappa shape index (κ3) is 2.91. The molecule has 0 amide bonds. The Kier molecular flexibility index (Phi) is 4.58. The van der Waals surface area contributed by atoms with Gasteiger partial charge in [-0.2, -0.15) is 0 Å². The third-order valence-corrected chi connectivity index (χ3v) is 12.6. The maximum atomic E-state index is 7.61. The van der Waals surface area contributed by atoms with Crippen LogP contribution >= 0.6 is 0 Å². The topological polar surface area (TPSA) is 21.7 Å². The van der Waals surface area contributed by atoms with Crippen LogP contribution in [0.3, 0.4) is 0 Å². The summed E-state index contributed by atoms with van der Waals surface area (Å²) in [5, 5.41) is 2.74. The van der Waals surface area contributed by atoms with Crippen LogP contribution in [0.2, 0.25) is 0 Å². The summed E-state index contributed by atoms with van der Waals surface area (Å²) in [6, 6.07) is 16.8. The van der Waals surface area contributed by atoms with Gasteiger partial charge in [0.1, 0.15) is 0 Å². The molecule has 2 aromatic carbocycles. The SMILES string of the molecule is C[C@]12CC=C3C=C4CC[C@@H](N5CCC6(COC6)C5)C[C@]45CC[C@]3(O5)[C@@H]1CC[C@@H]2c1ccc2ccccc2c1. The molecule has 38 heavy (non-hydrogen) atoms. The molecule has 0 N–H and O–H groups in total. The lowest BCUT2D eigenvalue weighted by molar-refractivity contribution is -0.142. The lowest BCUT2D eigenvalue weighted by Gasteiger charge is -2.55. The molecule has 3 heteroatoms. The van der Waals surface area contributed by atoms with E-state index in [1.165, 1.54) is 81.6 Å². The van der Waals surface area contributed by atoms with Crippen LogP contribution in [0.4, 0.5) is 0 Å². The van der Waals surface area contributed by atoms with Gasteiger partial charge in [-0.3, -0.25) is 4.90 Å². The first-order valence-electron chi connectivity index (χ1n) is 15.4. The number of rotatable bonds is 2. The molecule has 4 heterocycles. The number of fused-ring (bicyclic) bond motifs is 2. The zero-order valence-electron chi connectivity index (χ0n) is 22.9. The summed E-state index contributed by atoms with van der Waals surface area (Å²) in [5.41, 5.74) is 5.39. The molecular formula is C35H41NO2. The van der Waals surface area contributed by atoms with Crippen molar-refractivity contribution >= 4 is 10.8 Å². The normalized spacial score (nSPS) is 42.8. The minimum atomic E-state index is -0.0575. The second kappa shape index (κ2) is 7.62. The minimum absolute atomic E-state index is 0.00852. The summed E-state index contributed by atoms with van der Waals surface area (Å²) < 4.78 is 13.2. The Labute approximate surface area is 227 Å². The Bertz CT molecular complexity index is 1390. The fourth-order valence-corrected chi connectivity index (χ4v) is 10.6. The van der Waals surface area contributed by atoms with Crippen molar-refractivity contribution in [3.63, 3.8) is 0 Å². The minimum Gasteiger partial charge on any atom is -0.380 e. The van der Waals surface area contributed by atoms with E-state index in [0.717, 1.165) is 13.2 Å². The molecule has 3 spiro atoms. The van der Waals surface area contributed by atoms with Gasteiger partial charge in [0.25, 0.3) is 0 Å². The van der Waals surface area contributed by atoms with Gasteiger partial charge in [-0.05, 0) is 109 Å². The maximum absolute atomic E-state index is 7.61.